The summed E-state index contributed by atoms with van der Waals surface area (Å²) >= 11 is 6.19. The largest absolute Gasteiger partial charge is 0.451 e. The minimum absolute atomic E-state index is 0.0512. The number of amides is 1. The van der Waals surface area contributed by atoms with Crippen molar-refractivity contribution in [3.8, 4) is 0 Å². The van der Waals surface area contributed by atoms with Gasteiger partial charge in [-0.15, -0.1) is 0 Å². The molecule has 0 saturated heterocycles. The second-order valence-electron chi connectivity index (χ2n) is 5.36. The van der Waals surface area contributed by atoms with Gasteiger partial charge in [-0.3, -0.25) is 9.59 Å². The van der Waals surface area contributed by atoms with Crippen molar-refractivity contribution in [3.05, 3.63) is 74.6 Å². The van der Waals surface area contributed by atoms with Crippen molar-refractivity contribution in [1.29, 1.82) is 0 Å². The third-order valence-corrected chi connectivity index (χ3v) is 3.83. The van der Waals surface area contributed by atoms with Gasteiger partial charge in [0, 0.05) is 6.07 Å². The zero-order valence-corrected chi connectivity index (χ0v) is 13.4. The van der Waals surface area contributed by atoms with E-state index in [1.165, 1.54) is 6.07 Å². The maximum Gasteiger partial charge on any atom is 0.291 e. The van der Waals surface area contributed by atoms with Crippen LogP contribution in [0.4, 0.5) is 5.69 Å². The van der Waals surface area contributed by atoms with Crippen molar-refractivity contribution in [2.24, 2.45) is 0 Å². The highest BCUT2D eigenvalue weighted by atomic mass is 35.5. The van der Waals surface area contributed by atoms with Gasteiger partial charge in [-0.1, -0.05) is 29.8 Å². The summed E-state index contributed by atoms with van der Waals surface area (Å²) in [6, 6.07) is 11.7. The molecule has 0 aliphatic carbocycles. The highest BCUT2D eigenvalue weighted by Gasteiger charge is 2.15. The number of carbonyl (C=O) groups excluding carboxylic acids is 1. The topological polar surface area (TPSA) is 59.3 Å². The first-order valence-electron chi connectivity index (χ1n) is 7.06. The summed E-state index contributed by atoms with van der Waals surface area (Å²) in [5.74, 6) is -0.563. The van der Waals surface area contributed by atoms with Gasteiger partial charge >= 0.3 is 0 Å². The molecule has 0 unspecified atom stereocenters. The van der Waals surface area contributed by atoms with Crippen LogP contribution in [0, 0.1) is 13.8 Å². The molecule has 116 valence electrons. The second kappa shape index (κ2) is 5.89. The molecule has 1 amide bonds. The van der Waals surface area contributed by atoms with Gasteiger partial charge in [-0.05, 0) is 43.2 Å². The SMILES string of the molecule is Cc1cc(C)c(NC(=O)c2cc(=O)c3ccccc3o2)c(Cl)c1. The molecule has 1 heterocycles. The molecule has 4 nitrogen and oxygen atoms in total. The van der Waals surface area contributed by atoms with Gasteiger partial charge in [0.15, 0.2) is 11.2 Å². The maximum atomic E-state index is 12.4. The van der Waals surface area contributed by atoms with E-state index in [9.17, 15) is 9.59 Å². The van der Waals surface area contributed by atoms with Gasteiger partial charge in [0.25, 0.3) is 5.91 Å². The number of anilines is 1. The molecule has 0 spiro atoms. The molecule has 0 aliphatic heterocycles. The van der Waals surface area contributed by atoms with Crippen LogP contribution < -0.4 is 10.7 Å². The fourth-order valence-electron chi connectivity index (χ4n) is 2.47. The van der Waals surface area contributed by atoms with Crippen LogP contribution in [0.1, 0.15) is 21.7 Å². The van der Waals surface area contributed by atoms with E-state index in [4.69, 9.17) is 16.0 Å². The lowest BCUT2D eigenvalue weighted by atomic mass is 10.1. The highest BCUT2D eigenvalue weighted by molar-refractivity contribution is 6.34. The van der Waals surface area contributed by atoms with E-state index in [-0.39, 0.29) is 11.2 Å². The van der Waals surface area contributed by atoms with Crippen LogP contribution in [0.3, 0.4) is 0 Å². The number of halogens is 1. The zero-order chi connectivity index (χ0) is 16.6. The molecule has 23 heavy (non-hydrogen) atoms. The Labute approximate surface area is 137 Å². The highest BCUT2D eigenvalue weighted by Crippen LogP contribution is 2.27. The maximum absolute atomic E-state index is 12.4. The van der Waals surface area contributed by atoms with Gasteiger partial charge in [-0.2, -0.15) is 0 Å². The average molecular weight is 328 g/mol. The molecule has 0 bridgehead atoms. The van der Waals surface area contributed by atoms with Gasteiger partial charge in [0.2, 0.25) is 0 Å². The molecule has 1 aromatic heterocycles. The minimum Gasteiger partial charge on any atom is -0.451 e. The lowest BCUT2D eigenvalue weighted by Gasteiger charge is -2.11. The van der Waals surface area contributed by atoms with Crippen LogP contribution in [0.25, 0.3) is 11.0 Å². The van der Waals surface area contributed by atoms with Crippen LogP contribution in [0.15, 0.2) is 51.7 Å². The third kappa shape index (κ3) is 2.98. The molecular formula is C18H14ClNO3. The molecule has 3 aromatic rings. The molecule has 3 rings (SSSR count). The quantitative estimate of drug-likeness (QED) is 0.762. The van der Waals surface area contributed by atoms with Crippen LogP contribution in [0.5, 0.6) is 0 Å². The Hall–Kier alpha value is -2.59. The number of nitrogens with one attached hydrogen (secondary N) is 1. The molecule has 0 aliphatic rings. The second-order valence-corrected chi connectivity index (χ2v) is 5.77. The predicted octanol–water partition coefficient (Wildman–Crippen LogP) is 4.32. The average Bonchev–Trinajstić information content (AvgIpc) is 2.50. The van der Waals surface area contributed by atoms with Gasteiger partial charge < -0.3 is 9.73 Å². The third-order valence-electron chi connectivity index (χ3n) is 3.53. The summed E-state index contributed by atoms with van der Waals surface area (Å²) in [4.78, 5) is 24.5. The summed E-state index contributed by atoms with van der Waals surface area (Å²) in [5, 5.41) is 3.59. The molecule has 0 radical (unpaired) electrons. The van der Waals surface area contributed by atoms with E-state index >= 15 is 0 Å². The van der Waals surface area contributed by atoms with Crippen molar-refractivity contribution in [1.82, 2.24) is 0 Å². The minimum atomic E-state index is -0.512. The molecule has 1 N–H and O–H groups in total. The number of hydrogen-bond donors (Lipinski definition) is 1. The Morgan fingerprint density at radius 1 is 1.13 bits per heavy atom. The number of aryl methyl sites for hydroxylation is 2. The van der Waals surface area contributed by atoms with Crippen molar-refractivity contribution in [3.63, 3.8) is 0 Å². The molecule has 0 fully saturated rings. The fraction of sp³-hybridized carbons (Fsp3) is 0.111. The molecule has 2 aromatic carbocycles. The first kappa shape index (κ1) is 15.3. The van der Waals surface area contributed by atoms with Crippen LogP contribution in [0.2, 0.25) is 5.02 Å². The van der Waals surface area contributed by atoms with Gasteiger partial charge in [0.1, 0.15) is 5.58 Å². The van der Waals surface area contributed by atoms with E-state index in [0.717, 1.165) is 11.1 Å². The normalized spacial score (nSPS) is 10.7. The van der Waals surface area contributed by atoms with E-state index in [0.29, 0.717) is 21.7 Å². The van der Waals surface area contributed by atoms with E-state index in [1.807, 2.05) is 19.9 Å². The smallest absolute Gasteiger partial charge is 0.291 e. The molecule has 0 saturated carbocycles. The standard InChI is InChI=1S/C18H14ClNO3/c1-10-7-11(2)17(13(19)8-10)20-18(22)16-9-14(21)12-5-3-4-6-15(12)23-16/h3-9H,1-2H3,(H,20,22). The number of rotatable bonds is 2. The summed E-state index contributed by atoms with van der Waals surface area (Å²) < 4.78 is 5.52. The number of para-hydroxylation sites is 1. The summed E-state index contributed by atoms with van der Waals surface area (Å²) in [5.41, 5.74) is 2.47. The van der Waals surface area contributed by atoms with Crippen molar-refractivity contribution in [2.45, 2.75) is 13.8 Å². The van der Waals surface area contributed by atoms with Crippen molar-refractivity contribution in [2.75, 3.05) is 5.32 Å². The Bertz CT molecular complexity index is 952. The predicted molar refractivity (Wildman–Crippen MR) is 91.4 cm³/mol. The number of carbonyl (C=O) groups is 1. The summed E-state index contributed by atoms with van der Waals surface area (Å²) in [6.45, 7) is 3.78. The van der Waals surface area contributed by atoms with Crippen molar-refractivity contribution < 1.29 is 9.21 Å². The zero-order valence-electron chi connectivity index (χ0n) is 12.6. The lowest BCUT2D eigenvalue weighted by Crippen LogP contribution is -2.16. The van der Waals surface area contributed by atoms with Crippen LogP contribution >= 0.6 is 11.6 Å². The fourth-order valence-corrected chi connectivity index (χ4v) is 2.83. The van der Waals surface area contributed by atoms with Gasteiger partial charge in [-0.25, -0.2) is 0 Å². The molecular weight excluding hydrogens is 314 g/mol. The summed E-state index contributed by atoms with van der Waals surface area (Å²) in [6.07, 6.45) is 0. The molecule has 0 atom stereocenters. The van der Waals surface area contributed by atoms with Crippen LogP contribution in [-0.4, -0.2) is 5.91 Å². The van der Waals surface area contributed by atoms with E-state index in [1.54, 1.807) is 30.3 Å². The van der Waals surface area contributed by atoms with Crippen molar-refractivity contribution >= 4 is 34.2 Å². The Balaban J connectivity index is 2.00. The molecule has 5 heteroatoms. The first-order chi connectivity index (χ1) is 11.0. The Morgan fingerprint density at radius 2 is 1.87 bits per heavy atom. The van der Waals surface area contributed by atoms with Gasteiger partial charge in [0.05, 0.1) is 16.1 Å². The first-order valence-corrected chi connectivity index (χ1v) is 7.44. The lowest BCUT2D eigenvalue weighted by molar-refractivity contribution is 0.0997. The van der Waals surface area contributed by atoms with Crippen LogP contribution in [-0.2, 0) is 0 Å². The number of benzene rings is 2. The van der Waals surface area contributed by atoms with E-state index < -0.39 is 5.91 Å². The number of fused-ring (bicyclic) bond motifs is 1. The number of hydrogen-bond acceptors (Lipinski definition) is 3. The Kier molecular flexibility index (Phi) is 3.92. The van der Waals surface area contributed by atoms with E-state index in [2.05, 4.69) is 5.32 Å². The monoisotopic (exact) mass is 327 g/mol. The Morgan fingerprint density at radius 3 is 2.61 bits per heavy atom. The summed E-state index contributed by atoms with van der Waals surface area (Å²) in [7, 11) is 0.